The molecule has 2 N–H and O–H groups in total. The van der Waals surface area contributed by atoms with Crippen LogP contribution in [-0.2, 0) is 0 Å². The first-order chi connectivity index (χ1) is 11.1. The molecule has 3 rings (SSSR count). The number of aromatic amines is 1. The molecular formula is C17H15ClN2O3. The van der Waals surface area contributed by atoms with Crippen LogP contribution < -0.4 is 9.47 Å². The lowest BCUT2D eigenvalue weighted by atomic mass is 10.1. The summed E-state index contributed by atoms with van der Waals surface area (Å²) in [5.74, 6) is 1.34. The van der Waals surface area contributed by atoms with Crippen LogP contribution >= 0.6 is 11.6 Å². The normalized spacial score (nSPS) is 11.3. The zero-order valence-corrected chi connectivity index (χ0v) is 13.4. The third-order valence-corrected chi connectivity index (χ3v) is 3.73. The van der Waals surface area contributed by atoms with Crippen molar-refractivity contribution in [2.75, 3.05) is 14.2 Å². The van der Waals surface area contributed by atoms with Gasteiger partial charge >= 0.3 is 0 Å². The maximum atomic E-state index is 10.1. The summed E-state index contributed by atoms with van der Waals surface area (Å²) < 4.78 is 10.5. The Labute approximate surface area is 138 Å². The number of aromatic hydroxyl groups is 1. The summed E-state index contributed by atoms with van der Waals surface area (Å²) in [6.45, 7) is 0. The summed E-state index contributed by atoms with van der Waals surface area (Å²) in [7, 11) is 3.16. The number of hydrogen-bond donors (Lipinski definition) is 2. The highest BCUT2D eigenvalue weighted by Gasteiger charge is 2.10. The van der Waals surface area contributed by atoms with Gasteiger partial charge in [-0.3, -0.25) is 4.99 Å². The van der Waals surface area contributed by atoms with E-state index < -0.39 is 0 Å². The fourth-order valence-corrected chi connectivity index (χ4v) is 2.50. The van der Waals surface area contributed by atoms with Gasteiger partial charge in [-0.25, -0.2) is 0 Å². The first-order valence-electron chi connectivity index (χ1n) is 6.88. The van der Waals surface area contributed by atoms with E-state index in [1.54, 1.807) is 38.6 Å². The summed E-state index contributed by atoms with van der Waals surface area (Å²) >= 11 is 6.00. The third-order valence-electron chi connectivity index (χ3n) is 3.50. The first-order valence-corrected chi connectivity index (χ1v) is 7.26. The molecule has 118 valence electrons. The molecule has 0 atom stereocenters. The van der Waals surface area contributed by atoms with Crippen LogP contribution in [0.4, 0.5) is 5.69 Å². The standard InChI is InChI=1S/C17H15ClN2O3/c1-22-11-4-5-14-12(8-11)13(17(21)20-14)9-19-15-7-10(18)3-6-16(15)23-2/h3-9,20-21H,1-2H3. The second kappa shape index (κ2) is 6.22. The summed E-state index contributed by atoms with van der Waals surface area (Å²) in [5, 5.41) is 11.5. The molecule has 0 saturated carbocycles. The van der Waals surface area contributed by atoms with E-state index >= 15 is 0 Å². The second-order valence-corrected chi connectivity index (χ2v) is 5.31. The van der Waals surface area contributed by atoms with Crippen LogP contribution in [0, 0.1) is 0 Å². The van der Waals surface area contributed by atoms with E-state index in [2.05, 4.69) is 9.98 Å². The summed E-state index contributed by atoms with van der Waals surface area (Å²) in [5.41, 5.74) is 1.94. The zero-order chi connectivity index (χ0) is 16.4. The highest BCUT2D eigenvalue weighted by molar-refractivity contribution is 6.30. The van der Waals surface area contributed by atoms with Crippen molar-refractivity contribution >= 4 is 34.4 Å². The Morgan fingerprint density at radius 2 is 1.96 bits per heavy atom. The molecular weight excluding hydrogens is 316 g/mol. The number of fused-ring (bicyclic) bond motifs is 1. The monoisotopic (exact) mass is 330 g/mol. The molecule has 0 fully saturated rings. The number of nitrogens with one attached hydrogen (secondary N) is 1. The topological polar surface area (TPSA) is 66.8 Å². The molecule has 3 aromatic rings. The lowest BCUT2D eigenvalue weighted by molar-refractivity contribution is 0.415. The Balaban J connectivity index is 2.07. The Morgan fingerprint density at radius 1 is 1.13 bits per heavy atom. The van der Waals surface area contributed by atoms with E-state index in [-0.39, 0.29) is 5.88 Å². The van der Waals surface area contributed by atoms with Crippen LogP contribution in [0.25, 0.3) is 10.9 Å². The van der Waals surface area contributed by atoms with Gasteiger partial charge in [0.05, 0.1) is 19.8 Å². The quantitative estimate of drug-likeness (QED) is 0.701. The molecule has 0 saturated heterocycles. The summed E-state index contributed by atoms with van der Waals surface area (Å²) in [4.78, 5) is 7.30. The molecule has 0 amide bonds. The number of nitrogens with zero attached hydrogens (tertiary/aromatic N) is 1. The van der Waals surface area contributed by atoms with Crippen LogP contribution in [0.3, 0.4) is 0 Å². The largest absolute Gasteiger partial charge is 0.497 e. The van der Waals surface area contributed by atoms with Crippen LogP contribution in [0.5, 0.6) is 17.4 Å². The minimum absolute atomic E-state index is 0.0398. The number of aromatic nitrogens is 1. The SMILES string of the molecule is COc1ccc2[nH]c(O)c(C=Nc3cc(Cl)ccc3OC)c2c1. The van der Waals surface area contributed by atoms with Gasteiger partial charge in [-0.2, -0.15) is 0 Å². The van der Waals surface area contributed by atoms with Gasteiger partial charge in [0, 0.05) is 22.1 Å². The van der Waals surface area contributed by atoms with Crippen molar-refractivity contribution in [2.24, 2.45) is 4.99 Å². The van der Waals surface area contributed by atoms with Gasteiger partial charge in [0.25, 0.3) is 0 Å². The number of H-pyrrole nitrogens is 1. The Bertz CT molecular complexity index is 887. The zero-order valence-electron chi connectivity index (χ0n) is 12.6. The number of ether oxygens (including phenoxy) is 2. The van der Waals surface area contributed by atoms with Crippen molar-refractivity contribution in [3.8, 4) is 17.4 Å². The van der Waals surface area contributed by atoms with Gasteiger partial charge in [-0.15, -0.1) is 0 Å². The molecule has 2 aromatic carbocycles. The predicted molar refractivity (Wildman–Crippen MR) is 91.8 cm³/mol. The van der Waals surface area contributed by atoms with Crippen molar-refractivity contribution in [2.45, 2.75) is 0 Å². The van der Waals surface area contributed by atoms with E-state index in [1.807, 2.05) is 18.2 Å². The number of methoxy groups -OCH3 is 2. The van der Waals surface area contributed by atoms with Gasteiger partial charge in [0.15, 0.2) is 5.88 Å². The molecule has 0 spiro atoms. The first kappa shape index (κ1) is 15.2. The molecule has 0 bridgehead atoms. The van der Waals surface area contributed by atoms with Gasteiger partial charge in [0.2, 0.25) is 0 Å². The van der Waals surface area contributed by atoms with Crippen LogP contribution in [0.2, 0.25) is 5.02 Å². The molecule has 1 aromatic heterocycles. The second-order valence-electron chi connectivity index (χ2n) is 4.87. The summed E-state index contributed by atoms with van der Waals surface area (Å²) in [6.07, 6.45) is 1.57. The van der Waals surface area contributed by atoms with E-state index in [1.165, 1.54) is 0 Å². The van der Waals surface area contributed by atoms with Gasteiger partial charge in [0.1, 0.15) is 17.2 Å². The van der Waals surface area contributed by atoms with Gasteiger partial charge < -0.3 is 19.6 Å². The van der Waals surface area contributed by atoms with E-state index in [0.717, 1.165) is 10.9 Å². The Hall–Kier alpha value is -2.66. The lowest BCUT2D eigenvalue weighted by Gasteiger charge is -2.04. The van der Waals surface area contributed by atoms with E-state index in [4.69, 9.17) is 21.1 Å². The fraction of sp³-hybridized carbons (Fsp3) is 0.118. The Kier molecular flexibility index (Phi) is 4.12. The number of rotatable bonds is 4. The molecule has 0 aliphatic rings. The number of benzene rings is 2. The maximum Gasteiger partial charge on any atom is 0.198 e. The van der Waals surface area contributed by atoms with E-state index in [0.29, 0.717) is 27.8 Å². The maximum absolute atomic E-state index is 10.1. The minimum Gasteiger partial charge on any atom is -0.497 e. The molecule has 1 heterocycles. The van der Waals surface area contributed by atoms with Crippen LogP contribution in [0.1, 0.15) is 5.56 Å². The van der Waals surface area contributed by atoms with E-state index in [9.17, 15) is 5.11 Å². The van der Waals surface area contributed by atoms with Crippen LogP contribution in [-0.4, -0.2) is 30.5 Å². The molecule has 0 radical (unpaired) electrons. The van der Waals surface area contributed by atoms with Crippen molar-refractivity contribution < 1.29 is 14.6 Å². The lowest BCUT2D eigenvalue weighted by Crippen LogP contribution is -1.85. The van der Waals surface area contributed by atoms with Gasteiger partial charge in [-0.05, 0) is 36.4 Å². The highest BCUT2D eigenvalue weighted by Crippen LogP contribution is 2.32. The molecule has 23 heavy (non-hydrogen) atoms. The number of hydrogen-bond acceptors (Lipinski definition) is 4. The molecule has 0 unspecified atom stereocenters. The highest BCUT2D eigenvalue weighted by atomic mass is 35.5. The molecule has 0 aliphatic carbocycles. The Morgan fingerprint density at radius 3 is 2.70 bits per heavy atom. The smallest absolute Gasteiger partial charge is 0.198 e. The number of halogens is 1. The summed E-state index contributed by atoms with van der Waals surface area (Å²) in [6, 6.07) is 10.7. The van der Waals surface area contributed by atoms with Crippen molar-refractivity contribution in [3.63, 3.8) is 0 Å². The van der Waals surface area contributed by atoms with Crippen LogP contribution in [0.15, 0.2) is 41.4 Å². The average molecular weight is 331 g/mol. The minimum atomic E-state index is 0.0398. The molecule has 0 aliphatic heterocycles. The van der Waals surface area contributed by atoms with Crippen molar-refractivity contribution in [3.05, 3.63) is 47.0 Å². The van der Waals surface area contributed by atoms with Crippen molar-refractivity contribution in [1.29, 1.82) is 0 Å². The average Bonchev–Trinajstić information content (AvgIpc) is 2.87. The molecule has 5 nitrogen and oxygen atoms in total. The molecule has 6 heteroatoms. The number of aliphatic imine (C=N–C) groups is 1. The third kappa shape index (κ3) is 2.96. The predicted octanol–water partition coefficient (Wildman–Crippen LogP) is 4.29. The van der Waals surface area contributed by atoms with Crippen molar-refractivity contribution in [1.82, 2.24) is 4.98 Å². The van der Waals surface area contributed by atoms with Gasteiger partial charge in [-0.1, -0.05) is 11.6 Å². The fourth-order valence-electron chi connectivity index (χ4n) is 2.33.